The van der Waals surface area contributed by atoms with Crippen molar-refractivity contribution >= 4 is 0 Å². The van der Waals surface area contributed by atoms with Gasteiger partial charge in [-0.25, -0.2) is 0 Å². The Morgan fingerprint density at radius 1 is 0.788 bits per heavy atom. The molecule has 3 rings (SSSR count). The highest BCUT2D eigenvalue weighted by Crippen LogP contribution is 2.32. The Morgan fingerprint density at radius 2 is 1.33 bits per heavy atom. The van der Waals surface area contributed by atoms with Crippen LogP contribution in [0.25, 0.3) is 11.1 Å². The van der Waals surface area contributed by atoms with Crippen molar-refractivity contribution in [2.24, 2.45) is 5.41 Å². The zero-order valence-corrected chi connectivity index (χ0v) is 20.2. The smallest absolute Gasteiger partial charge is 0.119 e. The Balaban J connectivity index is 1.30. The summed E-state index contributed by atoms with van der Waals surface area (Å²) >= 11 is 0. The average molecular weight is 453 g/mol. The molecule has 1 aliphatic heterocycles. The minimum absolute atomic E-state index is 0.203. The molecule has 0 saturated carbocycles. The molecule has 0 spiro atoms. The molecule has 0 amide bonds. The zero-order chi connectivity index (χ0) is 23.2. The van der Waals surface area contributed by atoms with Gasteiger partial charge < -0.3 is 18.9 Å². The van der Waals surface area contributed by atoms with Crippen LogP contribution in [0.2, 0.25) is 0 Å². The minimum atomic E-state index is 0.203. The van der Waals surface area contributed by atoms with Crippen LogP contribution in [0.15, 0.2) is 61.2 Å². The molecule has 0 unspecified atom stereocenters. The lowest BCUT2D eigenvalue weighted by Crippen LogP contribution is -2.46. The van der Waals surface area contributed by atoms with Gasteiger partial charge in [0.2, 0.25) is 0 Å². The van der Waals surface area contributed by atoms with Crippen molar-refractivity contribution in [3.8, 4) is 22.6 Å². The van der Waals surface area contributed by atoms with E-state index in [9.17, 15) is 0 Å². The van der Waals surface area contributed by atoms with Crippen LogP contribution in [-0.2, 0) is 9.47 Å². The normalized spacial score (nSPS) is 14.5. The molecule has 0 aromatic heterocycles. The van der Waals surface area contributed by atoms with Gasteiger partial charge in [-0.2, -0.15) is 0 Å². The molecule has 2 aromatic carbocycles. The quantitative estimate of drug-likeness (QED) is 0.190. The largest absolute Gasteiger partial charge is 0.494 e. The summed E-state index contributed by atoms with van der Waals surface area (Å²) in [6.45, 7) is 10.5. The van der Waals surface area contributed by atoms with Gasteiger partial charge in [-0.15, -0.1) is 6.58 Å². The van der Waals surface area contributed by atoms with E-state index in [1.54, 1.807) is 6.08 Å². The maximum atomic E-state index is 6.01. The monoisotopic (exact) mass is 452 g/mol. The molecule has 0 atom stereocenters. The van der Waals surface area contributed by atoms with Gasteiger partial charge in [0.25, 0.3) is 0 Å². The molecule has 33 heavy (non-hydrogen) atoms. The Labute approximate surface area is 199 Å². The second-order valence-corrected chi connectivity index (χ2v) is 9.02. The van der Waals surface area contributed by atoms with Crippen LogP contribution < -0.4 is 9.47 Å². The van der Waals surface area contributed by atoms with E-state index in [1.807, 2.05) is 0 Å². The molecule has 0 bridgehead atoms. The molecule has 1 aliphatic rings. The highest BCUT2D eigenvalue weighted by atomic mass is 16.5. The van der Waals surface area contributed by atoms with Crippen LogP contribution in [0.4, 0.5) is 0 Å². The molecular formula is C29H40O4. The van der Waals surface area contributed by atoms with Crippen LogP contribution >= 0.6 is 0 Å². The summed E-state index contributed by atoms with van der Waals surface area (Å²) in [4.78, 5) is 0. The molecule has 0 aliphatic carbocycles. The Morgan fingerprint density at radius 3 is 1.85 bits per heavy atom. The van der Waals surface area contributed by atoms with E-state index < -0.39 is 0 Å². The van der Waals surface area contributed by atoms with Crippen molar-refractivity contribution in [1.82, 2.24) is 0 Å². The second kappa shape index (κ2) is 14.1. The van der Waals surface area contributed by atoms with Gasteiger partial charge in [0, 0.05) is 6.61 Å². The zero-order valence-electron chi connectivity index (χ0n) is 20.2. The van der Waals surface area contributed by atoms with E-state index >= 15 is 0 Å². The first-order valence-corrected chi connectivity index (χ1v) is 12.5. The Hall–Kier alpha value is -2.30. The van der Waals surface area contributed by atoms with E-state index in [0.29, 0.717) is 6.61 Å². The third-order valence-corrected chi connectivity index (χ3v) is 6.34. The maximum Gasteiger partial charge on any atom is 0.119 e. The average Bonchev–Trinajstić information content (AvgIpc) is 2.83. The van der Waals surface area contributed by atoms with Gasteiger partial charge in [-0.3, -0.25) is 0 Å². The highest BCUT2D eigenvalue weighted by molar-refractivity contribution is 5.64. The lowest BCUT2D eigenvalue weighted by Gasteiger charge is -2.40. The van der Waals surface area contributed by atoms with E-state index in [-0.39, 0.29) is 5.41 Å². The van der Waals surface area contributed by atoms with E-state index in [1.165, 1.54) is 36.8 Å². The molecular weight excluding hydrogens is 412 g/mol. The van der Waals surface area contributed by atoms with Crippen LogP contribution in [0.5, 0.6) is 11.5 Å². The predicted octanol–water partition coefficient (Wildman–Crippen LogP) is 7.08. The van der Waals surface area contributed by atoms with Gasteiger partial charge in [0.05, 0.1) is 38.4 Å². The number of unbranched alkanes of at least 4 members (excludes halogenated alkanes) is 5. The summed E-state index contributed by atoms with van der Waals surface area (Å²) in [5, 5.41) is 0. The van der Waals surface area contributed by atoms with Gasteiger partial charge in [-0.1, -0.05) is 62.9 Å². The van der Waals surface area contributed by atoms with Crippen molar-refractivity contribution in [2.75, 3.05) is 39.6 Å². The van der Waals surface area contributed by atoms with Crippen LogP contribution in [-0.4, -0.2) is 39.6 Å². The van der Waals surface area contributed by atoms with Crippen LogP contribution in [0.3, 0.4) is 0 Å². The van der Waals surface area contributed by atoms with Crippen molar-refractivity contribution < 1.29 is 18.9 Å². The maximum absolute atomic E-state index is 6.01. The molecule has 4 nitrogen and oxygen atoms in total. The van der Waals surface area contributed by atoms with Crippen molar-refractivity contribution in [1.29, 1.82) is 0 Å². The number of hydrogen-bond acceptors (Lipinski definition) is 4. The third-order valence-electron chi connectivity index (χ3n) is 6.34. The van der Waals surface area contributed by atoms with Gasteiger partial charge >= 0.3 is 0 Å². The van der Waals surface area contributed by atoms with Crippen LogP contribution in [0, 0.1) is 5.41 Å². The molecule has 2 aromatic rings. The third kappa shape index (κ3) is 8.53. The Kier molecular flexibility index (Phi) is 10.8. The highest BCUT2D eigenvalue weighted by Gasteiger charge is 2.37. The second-order valence-electron chi connectivity index (χ2n) is 9.02. The number of ether oxygens (including phenoxy) is 4. The molecule has 0 radical (unpaired) electrons. The van der Waals surface area contributed by atoms with E-state index in [0.717, 1.165) is 63.8 Å². The first-order valence-electron chi connectivity index (χ1n) is 12.5. The lowest BCUT2D eigenvalue weighted by atomic mass is 9.84. The number of rotatable bonds is 17. The summed E-state index contributed by atoms with van der Waals surface area (Å²) in [6, 6.07) is 16.7. The SMILES string of the molecule is C=CCOCCCCCCCCOc1ccc(-c2ccc(OCC3(CC)COC3)cc2)cc1. The van der Waals surface area contributed by atoms with E-state index in [4.69, 9.17) is 18.9 Å². The molecule has 180 valence electrons. The standard InChI is InChI=1S/C29H40O4/c1-3-19-30-20-9-7-5-6-8-10-21-32-27-15-11-25(12-16-27)26-13-17-28(18-14-26)33-24-29(4-2)22-31-23-29/h3,11-18H,1,4-10,19-24H2,2H3. The van der Waals surface area contributed by atoms with Crippen molar-refractivity contribution in [2.45, 2.75) is 51.9 Å². The van der Waals surface area contributed by atoms with Gasteiger partial charge in [0.1, 0.15) is 11.5 Å². The first-order chi connectivity index (χ1) is 16.2. The van der Waals surface area contributed by atoms with E-state index in [2.05, 4.69) is 62.0 Å². The summed E-state index contributed by atoms with van der Waals surface area (Å²) in [5.41, 5.74) is 2.57. The predicted molar refractivity (Wildman–Crippen MR) is 135 cm³/mol. The topological polar surface area (TPSA) is 36.9 Å². The lowest BCUT2D eigenvalue weighted by molar-refractivity contribution is -0.133. The Bertz CT molecular complexity index is 788. The van der Waals surface area contributed by atoms with Crippen molar-refractivity contribution in [3.63, 3.8) is 0 Å². The number of hydrogen-bond donors (Lipinski definition) is 0. The van der Waals surface area contributed by atoms with Crippen molar-refractivity contribution in [3.05, 3.63) is 61.2 Å². The fraction of sp³-hybridized carbons (Fsp3) is 0.517. The molecule has 1 fully saturated rings. The first kappa shape index (κ1) is 25.3. The molecule has 4 heteroatoms. The molecule has 1 saturated heterocycles. The number of benzene rings is 2. The van der Waals surface area contributed by atoms with Crippen LogP contribution in [0.1, 0.15) is 51.9 Å². The minimum Gasteiger partial charge on any atom is -0.494 e. The fourth-order valence-corrected chi connectivity index (χ4v) is 3.87. The molecule has 1 heterocycles. The summed E-state index contributed by atoms with van der Waals surface area (Å²) in [6.07, 6.45) is 10.1. The molecule has 0 N–H and O–H groups in total. The fourth-order valence-electron chi connectivity index (χ4n) is 3.87. The van der Waals surface area contributed by atoms with Gasteiger partial charge in [0.15, 0.2) is 0 Å². The van der Waals surface area contributed by atoms with Gasteiger partial charge in [-0.05, 0) is 54.7 Å². The summed E-state index contributed by atoms with van der Waals surface area (Å²) in [5.74, 6) is 1.85. The summed E-state index contributed by atoms with van der Waals surface area (Å²) in [7, 11) is 0. The summed E-state index contributed by atoms with van der Waals surface area (Å²) < 4.78 is 22.7.